The molecule has 8 heteroatoms. The lowest BCUT2D eigenvalue weighted by Crippen LogP contribution is -2.11. The first-order valence-electron chi connectivity index (χ1n) is 5.65. The molecule has 1 aromatic heterocycles. The second-order valence-electron chi connectivity index (χ2n) is 4.04. The quantitative estimate of drug-likeness (QED) is 0.688. The van der Waals surface area contributed by atoms with Gasteiger partial charge in [-0.3, -0.25) is 20.1 Å². The topological polar surface area (TPSA) is 81.0 Å². The molecule has 2 rings (SSSR count). The van der Waals surface area contributed by atoms with Crippen molar-refractivity contribution in [2.24, 2.45) is 0 Å². The molecule has 0 fully saturated rings. The monoisotopic (exact) mass is 280 g/mol. The van der Waals surface area contributed by atoms with Crippen LogP contribution in [0.1, 0.15) is 18.7 Å². The maximum absolute atomic E-state index is 13.7. The zero-order valence-corrected chi connectivity index (χ0v) is 10.4. The van der Waals surface area contributed by atoms with Crippen LogP contribution in [-0.2, 0) is 0 Å². The lowest BCUT2D eigenvalue weighted by Gasteiger charge is -2.15. The Morgan fingerprint density at radius 2 is 2.10 bits per heavy atom. The summed E-state index contributed by atoms with van der Waals surface area (Å²) in [5.74, 6) is -2.04. The summed E-state index contributed by atoms with van der Waals surface area (Å²) in [6, 6.07) is 0.718. The van der Waals surface area contributed by atoms with Gasteiger partial charge in [-0.15, -0.1) is 0 Å². The maximum atomic E-state index is 13.7. The molecule has 0 aliphatic heterocycles. The van der Waals surface area contributed by atoms with E-state index in [9.17, 15) is 18.9 Å². The van der Waals surface area contributed by atoms with Crippen LogP contribution in [0.2, 0.25) is 0 Å². The number of hydrogen-bond donors (Lipinski definition) is 1. The van der Waals surface area contributed by atoms with Crippen LogP contribution in [0.3, 0.4) is 0 Å². The van der Waals surface area contributed by atoms with Crippen LogP contribution in [-0.4, -0.2) is 14.9 Å². The minimum atomic E-state index is -1.03. The van der Waals surface area contributed by atoms with Gasteiger partial charge in [0, 0.05) is 18.5 Å². The van der Waals surface area contributed by atoms with Gasteiger partial charge in [-0.2, -0.15) is 0 Å². The average Bonchev–Trinajstić information content (AvgIpc) is 2.42. The van der Waals surface area contributed by atoms with E-state index in [1.165, 1.54) is 18.6 Å². The molecule has 1 aromatic carbocycles. The van der Waals surface area contributed by atoms with Crippen molar-refractivity contribution < 1.29 is 13.7 Å². The van der Waals surface area contributed by atoms with E-state index in [4.69, 9.17) is 0 Å². The highest BCUT2D eigenvalue weighted by molar-refractivity contribution is 5.63. The number of nitro benzene ring substituents is 1. The summed E-state index contributed by atoms with van der Waals surface area (Å²) in [6.07, 6.45) is 4.37. The van der Waals surface area contributed by atoms with Gasteiger partial charge >= 0.3 is 0 Å². The Morgan fingerprint density at radius 1 is 1.35 bits per heavy atom. The van der Waals surface area contributed by atoms with Crippen molar-refractivity contribution >= 4 is 11.4 Å². The largest absolute Gasteiger partial charge is 0.369 e. The van der Waals surface area contributed by atoms with Crippen LogP contribution < -0.4 is 5.32 Å². The molecule has 1 heterocycles. The zero-order chi connectivity index (χ0) is 14.7. The summed E-state index contributed by atoms with van der Waals surface area (Å²) < 4.78 is 26.7. The van der Waals surface area contributed by atoms with Crippen LogP contribution in [0.4, 0.5) is 20.2 Å². The number of nitrogens with zero attached hydrogens (tertiary/aromatic N) is 3. The summed E-state index contributed by atoms with van der Waals surface area (Å²) in [4.78, 5) is 17.9. The van der Waals surface area contributed by atoms with E-state index >= 15 is 0 Å². The molecule has 2 aromatic rings. The van der Waals surface area contributed by atoms with Crippen LogP contribution in [0.15, 0.2) is 30.7 Å². The summed E-state index contributed by atoms with van der Waals surface area (Å²) in [5, 5.41) is 13.5. The first kappa shape index (κ1) is 13.8. The molecule has 0 aliphatic carbocycles. The minimum Gasteiger partial charge on any atom is -0.369 e. The first-order chi connectivity index (χ1) is 9.49. The van der Waals surface area contributed by atoms with E-state index in [2.05, 4.69) is 15.3 Å². The number of nitro groups is 1. The SMILES string of the molecule is CC(Nc1c(F)cc(F)cc1[N+](=O)[O-])c1cnccn1. The summed E-state index contributed by atoms with van der Waals surface area (Å²) >= 11 is 0. The van der Waals surface area contributed by atoms with Crippen molar-refractivity contribution in [2.75, 3.05) is 5.32 Å². The van der Waals surface area contributed by atoms with Crippen molar-refractivity contribution in [3.8, 4) is 0 Å². The number of nitrogens with one attached hydrogen (secondary N) is 1. The molecule has 0 saturated heterocycles. The van der Waals surface area contributed by atoms with Crippen molar-refractivity contribution in [1.29, 1.82) is 0 Å². The van der Waals surface area contributed by atoms with E-state index in [1.807, 2.05) is 0 Å². The van der Waals surface area contributed by atoms with E-state index in [0.29, 0.717) is 17.8 Å². The predicted octanol–water partition coefficient (Wildman–Crippen LogP) is 2.84. The first-order valence-corrected chi connectivity index (χ1v) is 5.65. The lowest BCUT2D eigenvalue weighted by molar-refractivity contribution is -0.384. The van der Waals surface area contributed by atoms with E-state index in [-0.39, 0.29) is 5.69 Å². The third-order valence-electron chi connectivity index (χ3n) is 2.62. The van der Waals surface area contributed by atoms with E-state index in [1.54, 1.807) is 6.92 Å². The Balaban J connectivity index is 2.36. The Hall–Kier alpha value is -2.64. The molecular formula is C12H10F2N4O2. The van der Waals surface area contributed by atoms with Crippen LogP contribution >= 0.6 is 0 Å². The fourth-order valence-electron chi connectivity index (χ4n) is 1.67. The number of rotatable bonds is 4. The molecule has 1 unspecified atom stereocenters. The number of benzene rings is 1. The zero-order valence-electron chi connectivity index (χ0n) is 10.4. The summed E-state index contributed by atoms with van der Waals surface area (Å²) in [6.45, 7) is 1.64. The second kappa shape index (κ2) is 5.55. The van der Waals surface area contributed by atoms with Crippen molar-refractivity contribution in [1.82, 2.24) is 9.97 Å². The molecule has 104 valence electrons. The molecule has 0 amide bonds. The van der Waals surface area contributed by atoms with Gasteiger partial charge in [0.05, 0.1) is 28.9 Å². The van der Waals surface area contributed by atoms with Crippen LogP contribution in [0, 0.1) is 21.7 Å². The Bertz CT molecular complexity index is 637. The summed E-state index contributed by atoms with van der Waals surface area (Å²) in [5.41, 5.74) is -0.571. The molecule has 0 bridgehead atoms. The normalized spacial score (nSPS) is 11.9. The molecule has 1 N–H and O–H groups in total. The predicted molar refractivity (Wildman–Crippen MR) is 67.1 cm³/mol. The van der Waals surface area contributed by atoms with Gasteiger partial charge < -0.3 is 5.32 Å². The van der Waals surface area contributed by atoms with Gasteiger partial charge in [0.25, 0.3) is 5.69 Å². The Kier molecular flexibility index (Phi) is 3.83. The molecule has 0 radical (unpaired) electrons. The molecule has 0 saturated carbocycles. The van der Waals surface area contributed by atoms with Crippen molar-refractivity contribution in [3.05, 3.63) is 58.2 Å². The number of aromatic nitrogens is 2. The number of halogens is 2. The van der Waals surface area contributed by atoms with Crippen LogP contribution in [0.25, 0.3) is 0 Å². The van der Waals surface area contributed by atoms with E-state index < -0.39 is 28.3 Å². The smallest absolute Gasteiger partial charge is 0.298 e. The molecule has 1 atom stereocenters. The van der Waals surface area contributed by atoms with Gasteiger partial charge in [0.15, 0.2) is 5.82 Å². The molecular weight excluding hydrogens is 270 g/mol. The van der Waals surface area contributed by atoms with Crippen molar-refractivity contribution in [2.45, 2.75) is 13.0 Å². The fraction of sp³-hybridized carbons (Fsp3) is 0.167. The lowest BCUT2D eigenvalue weighted by atomic mass is 10.2. The number of anilines is 1. The summed E-state index contributed by atoms with van der Waals surface area (Å²) in [7, 11) is 0. The second-order valence-corrected chi connectivity index (χ2v) is 4.04. The van der Waals surface area contributed by atoms with Gasteiger partial charge in [-0.25, -0.2) is 8.78 Å². The third kappa shape index (κ3) is 2.85. The van der Waals surface area contributed by atoms with Gasteiger partial charge in [-0.1, -0.05) is 0 Å². The van der Waals surface area contributed by atoms with Gasteiger partial charge in [0.1, 0.15) is 11.5 Å². The highest BCUT2D eigenvalue weighted by atomic mass is 19.1. The number of hydrogen-bond acceptors (Lipinski definition) is 5. The fourth-order valence-corrected chi connectivity index (χ4v) is 1.67. The molecule has 20 heavy (non-hydrogen) atoms. The molecule has 6 nitrogen and oxygen atoms in total. The van der Waals surface area contributed by atoms with Gasteiger partial charge in [-0.05, 0) is 6.92 Å². The average molecular weight is 280 g/mol. The minimum absolute atomic E-state index is 0.380. The highest BCUT2D eigenvalue weighted by Gasteiger charge is 2.22. The molecule has 0 spiro atoms. The maximum Gasteiger partial charge on any atom is 0.298 e. The Labute approximate surface area is 112 Å². The van der Waals surface area contributed by atoms with Crippen LogP contribution in [0.5, 0.6) is 0 Å². The standard InChI is InChI=1S/C12H10F2N4O2/c1-7(10-6-15-2-3-16-10)17-12-9(14)4-8(13)5-11(12)18(19)20/h2-7,17H,1H3. The third-order valence-corrected chi connectivity index (χ3v) is 2.62. The Morgan fingerprint density at radius 3 is 2.70 bits per heavy atom. The molecule has 0 aliphatic rings. The highest BCUT2D eigenvalue weighted by Crippen LogP contribution is 2.31. The van der Waals surface area contributed by atoms with Crippen molar-refractivity contribution in [3.63, 3.8) is 0 Å². The van der Waals surface area contributed by atoms with E-state index in [0.717, 1.165) is 0 Å². The van der Waals surface area contributed by atoms with Gasteiger partial charge in [0.2, 0.25) is 0 Å².